The first-order chi connectivity index (χ1) is 8.80. The number of hydrogen-bond donors (Lipinski definition) is 1. The second-order valence-electron chi connectivity index (χ2n) is 5.49. The Bertz CT molecular complexity index is 464. The van der Waals surface area contributed by atoms with Gasteiger partial charge in [-0.2, -0.15) is 0 Å². The van der Waals surface area contributed by atoms with Gasteiger partial charge in [0, 0.05) is 12.5 Å². The lowest BCUT2D eigenvalue weighted by Gasteiger charge is -2.45. The van der Waals surface area contributed by atoms with E-state index in [0.717, 1.165) is 18.9 Å². The lowest BCUT2D eigenvalue weighted by atomic mass is 9.66. The topological polar surface area (TPSA) is 29.5 Å². The van der Waals surface area contributed by atoms with Crippen molar-refractivity contribution in [3.63, 3.8) is 0 Å². The van der Waals surface area contributed by atoms with Crippen LogP contribution in [0.1, 0.15) is 37.3 Å². The van der Waals surface area contributed by atoms with Gasteiger partial charge in [0.1, 0.15) is 5.75 Å². The maximum absolute atomic E-state index is 14.1. The van der Waals surface area contributed by atoms with E-state index in [9.17, 15) is 13.9 Å². The number of hydrogen-bond acceptors (Lipinski definition) is 2. The van der Waals surface area contributed by atoms with E-state index in [2.05, 4.69) is 0 Å². The fourth-order valence-electron chi connectivity index (χ4n) is 2.76. The highest BCUT2D eigenvalue weighted by Gasteiger charge is 2.57. The second kappa shape index (κ2) is 4.75. The molecule has 1 aliphatic rings. The molecular weight excluding hydrogens is 250 g/mol. The van der Waals surface area contributed by atoms with Crippen LogP contribution in [0.5, 0.6) is 5.75 Å². The highest BCUT2D eigenvalue weighted by molar-refractivity contribution is 5.43. The van der Waals surface area contributed by atoms with E-state index < -0.39 is 17.4 Å². The maximum atomic E-state index is 14.1. The zero-order valence-electron chi connectivity index (χ0n) is 11.5. The normalized spacial score (nSPS) is 19.7. The molecule has 0 aromatic heterocycles. The fourth-order valence-corrected chi connectivity index (χ4v) is 2.76. The van der Waals surface area contributed by atoms with Gasteiger partial charge in [-0.05, 0) is 37.8 Å². The van der Waals surface area contributed by atoms with E-state index in [4.69, 9.17) is 4.74 Å². The molecule has 106 valence electrons. The summed E-state index contributed by atoms with van der Waals surface area (Å²) in [6.45, 7) is 2.60. The molecule has 1 fully saturated rings. The van der Waals surface area contributed by atoms with Crippen molar-refractivity contribution in [3.8, 4) is 5.75 Å². The smallest absolute Gasteiger partial charge is 0.278 e. The van der Waals surface area contributed by atoms with E-state index in [1.807, 2.05) is 6.92 Å². The number of aryl methyl sites for hydroxylation is 1. The third-order valence-corrected chi connectivity index (χ3v) is 4.13. The molecular formula is C15H20F2O2. The lowest BCUT2D eigenvalue weighted by molar-refractivity contribution is -0.219. The first-order valence-electron chi connectivity index (χ1n) is 6.56. The van der Waals surface area contributed by atoms with Crippen molar-refractivity contribution in [3.05, 3.63) is 29.3 Å². The van der Waals surface area contributed by atoms with E-state index >= 15 is 0 Å². The van der Waals surface area contributed by atoms with Crippen LogP contribution in [-0.4, -0.2) is 18.1 Å². The molecule has 2 nitrogen and oxygen atoms in total. The average molecular weight is 270 g/mol. The molecule has 19 heavy (non-hydrogen) atoms. The molecule has 0 heterocycles. The Morgan fingerprint density at radius 3 is 2.37 bits per heavy atom. The molecule has 4 heteroatoms. The lowest BCUT2D eigenvalue weighted by Crippen LogP contribution is -2.51. The molecule has 0 aliphatic heterocycles. The number of rotatable bonds is 4. The van der Waals surface area contributed by atoms with Gasteiger partial charge in [0.05, 0.1) is 7.11 Å². The first-order valence-corrected chi connectivity index (χ1v) is 6.56. The first kappa shape index (κ1) is 14.3. The van der Waals surface area contributed by atoms with E-state index in [0.29, 0.717) is 18.6 Å². The standard InChI is InChI=1S/C15H20F2O2/c1-10-7-8-13(19-3)12(9-10)15(18,14(2,16)17)11-5-4-6-11/h7-9,11,18H,4-6H2,1-3H3. The fraction of sp³-hybridized carbons (Fsp3) is 0.600. The predicted octanol–water partition coefficient (Wildman–Crippen LogP) is 3.65. The van der Waals surface area contributed by atoms with Gasteiger partial charge >= 0.3 is 0 Å². The molecule has 1 unspecified atom stereocenters. The molecule has 2 rings (SSSR count). The van der Waals surface area contributed by atoms with Crippen LogP contribution in [-0.2, 0) is 5.60 Å². The van der Waals surface area contributed by atoms with Crippen LogP contribution in [0.2, 0.25) is 0 Å². The molecule has 0 radical (unpaired) electrons. The summed E-state index contributed by atoms with van der Waals surface area (Å²) in [6.07, 6.45) is 2.13. The Morgan fingerprint density at radius 1 is 1.32 bits per heavy atom. The van der Waals surface area contributed by atoms with Crippen LogP contribution in [0.4, 0.5) is 8.78 Å². The van der Waals surface area contributed by atoms with Gasteiger partial charge < -0.3 is 9.84 Å². The third-order valence-electron chi connectivity index (χ3n) is 4.13. The van der Waals surface area contributed by atoms with Crippen molar-refractivity contribution in [2.45, 2.75) is 44.6 Å². The molecule has 0 saturated heterocycles. The number of methoxy groups -OCH3 is 1. The van der Waals surface area contributed by atoms with Gasteiger partial charge in [-0.25, -0.2) is 8.78 Å². The minimum Gasteiger partial charge on any atom is -0.496 e. The van der Waals surface area contributed by atoms with Crippen LogP contribution in [0.3, 0.4) is 0 Å². The van der Waals surface area contributed by atoms with Crippen molar-refractivity contribution in [1.82, 2.24) is 0 Å². The molecule has 1 atom stereocenters. The van der Waals surface area contributed by atoms with Crippen molar-refractivity contribution in [2.75, 3.05) is 7.11 Å². The third kappa shape index (κ3) is 2.22. The Labute approximate surface area is 112 Å². The Kier molecular flexibility index (Phi) is 3.56. The Morgan fingerprint density at radius 2 is 1.95 bits per heavy atom. The van der Waals surface area contributed by atoms with Gasteiger partial charge in [0.15, 0.2) is 5.60 Å². The van der Waals surface area contributed by atoms with Crippen molar-refractivity contribution in [2.24, 2.45) is 5.92 Å². The molecule has 0 spiro atoms. The van der Waals surface area contributed by atoms with Crippen LogP contribution in [0.25, 0.3) is 0 Å². The van der Waals surface area contributed by atoms with Gasteiger partial charge in [-0.15, -0.1) is 0 Å². The van der Waals surface area contributed by atoms with Gasteiger partial charge in [0.2, 0.25) is 0 Å². The summed E-state index contributed by atoms with van der Waals surface area (Å²) in [5.74, 6) is -3.30. The summed E-state index contributed by atoms with van der Waals surface area (Å²) in [5.41, 5.74) is -1.12. The highest BCUT2D eigenvalue weighted by Crippen LogP contribution is 2.52. The molecule has 1 saturated carbocycles. The Hall–Kier alpha value is -1.16. The predicted molar refractivity (Wildman–Crippen MR) is 69.6 cm³/mol. The Balaban J connectivity index is 2.58. The van der Waals surface area contributed by atoms with Crippen LogP contribution in [0, 0.1) is 12.8 Å². The molecule has 1 aromatic carbocycles. The molecule has 1 aliphatic carbocycles. The van der Waals surface area contributed by atoms with E-state index in [1.165, 1.54) is 7.11 Å². The van der Waals surface area contributed by atoms with Crippen LogP contribution >= 0.6 is 0 Å². The van der Waals surface area contributed by atoms with Crippen LogP contribution < -0.4 is 4.74 Å². The van der Waals surface area contributed by atoms with Gasteiger partial charge in [-0.1, -0.05) is 18.1 Å². The van der Waals surface area contributed by atoms with Crippen molar-refractivity contribution >= 4 is 0 Å². The summed E-state index contributed by atoms with van der Waals surface area (Å²) >= 11 is 0. The largest absolute Gasteiger partial charge is 0.496 e. The van der Waals surface area contributed by atoms with Gasteiger partial charge in [0.25, 0.3) is 5.92 Å². The quantitative estimate of drug-likeness (QED) is 0.905. The summed E-state index contributed by atoms with van der Waals surface area (Å²) < 4.78 is 33.3. The van der Waals surface area contributed by atoms with Gasteiger partial charge in [-0.3, -0.25) is 0 Å². The molecule has 0 amide bonds. The highest BCUT2D eigenvalue weighted by atomic mass is 19.3. The van der Waals surface area contributed by atoms with Crippen molar-refractivity contribution in [1.29, 1.82) is 0 Å². The van der Waals surface area contributed by atoms with Crippen LogP contribution in [0.15, 0.2) is 18.2 Å². The summed E-state index contributed by atoms with van der Waals surface area (Å²) in [4.78, 5) is 0. The summed E-state index contributed by atoms with van der Waals surface area (Å²) in [7, 11) is 1.43. The summed E-state index contributed by atoms with van der Waals surface area (Å²) in [6, 6.07) is 5.03. The number of halogens is 2. The maximum Gasteiger partial charge on any atom is 0.278 e. The zero-order chi connectivity index (χ0) is 14.3. The van der Waals surface area contributed by atoms with E-state index in [1.54, 1.807) is 18.2 Å². The number of benzene rings is 1. The monoisotopic (exact) mass is 270 g/mol. The minimum absolute atomic E-state index is 0.201. The van der Waals surface area contributed by atoms with E-state index in [-0.39, 0.29) is 5.56 Å². The van der Waals surface area contributed by atoms with Crippen molar-refractivity contribution < 1.29 is 18.6 Å². The summed E-state index contributed by atoms with van der Waals surface area (Å²) in [5, 5.41) is 10.7. The number of alkyl halides is 2. The average Bonchev–Trinajstić information content (AvgIpc) is 2.24. The molecule has 0 bridgehead atoms. The minimum atomic E-state index is -3.21. The number of aliphatic hydroxyl groups is 1. The number of ether oxygens (including phenoxy) is 1. The molecule has 1 aromatic rings. The zero-order valence-corrected chi connectivity index (χ0v) is 11.5. The molecule has 1 N–H and O–H groups in total. The second-order valence-corrected chi connectivity index (χ2v) is 5.49. The SMILES string of the molecule is COc1ccc(C)cc1C(O)(C1CCC1)C(C)(F)F.